The first-order valence-corrected chi connectivity index (χ1v) is 8.92. The molecule has 0 aliphatic carbocycles. The molecule has 0 saturated carbocycles. The molecule has 6 heteroatoms. The number of aromatic nitrogens is 3. The molecule has 3 heterocycles. The molecule has 3 rings (SSSR count). The second kappa shape index (κ2) is 8.25. The molecule has 0 N–H and O–H groups in total. The van der Waals surface area contributed by atoms with E-state index >= 15 is 0 Å². The minimum Gasteiger partial charge on any atom is -0.372 e. The lowest BCUT2D eigenvalue weighted by molar-refractivity contribution is -0.134. The lowest BCUT2D eigenvalue weighted by Crippen LogP contribution is -2.41. The topological polar surface area (TPSA) is 60.2 Å². The van der Waals surface area contributed by atoms with Crippen LogP contribution < -0.4 is 0 Å². The standard InChI is InChI=1S/C19H26N4O2/c1-15(23-12-9-20-16(23)2)13-19(24)22-10-6-18(7-11-22)25-14-17-5-3-4-8-21-17/h3-5,8-9,12,15,18H,6-7,10-11,13-14H2,1-2H3. The lowest BCUT2D eigenvalue weighted by Gasteiger charge is -2.32. The Hall–Kier alpha value is -2.21. The van der Waals surface area contributed by atoms with Crippen LogP contribution in [0.2, 0.25) is 0 Å². The SMILES string of the molecule is Cc1nccn1C(C)CC(=O)N1CCC(OCc2ccccn2)CC1. The summed E-state index contributed by atoms with van der Waals surface area (Å²) in [6.07, 6.45) is 7.99. The Morgan fingerprint density at radius 3 is 2.72 bits per heavy atom. The van der Waals surface area contributed by atoms with Gasteiger partial charge in [0.05, 0.1) is 18.4 Å². The smallest absolute Gasteiger partial charge is 0.224 e. The molecule has 1 amide bonds. The molecule has 1 fully saturated rings. The summed E-state index contributed by atoms with van der Waals surface area (Å²) < 4.78 is 8.00. The molecule has 0 radical (unpaired) electrons. The lowest BCUT2D eigenvalue weighted by atomic mass is 10.1. The minimum atomic E-state index is 0.133. The predicted octanol–water partition coefficient (Wildman–Crippen LogP) is 2.75. The number of carbonyl (C=O) groups excluding carboxylic acids is 1. The highest BCUT2D eigenvalue weighted by atomic mass is 16.5. The van der Waals surface area contributed by atoms with Crippen LogP contribution in [0.1, 0.15) is 43.7 Å². The Morgan fingerprint density at radius 2 is 2.08 bits per heavy atom. The van der Waals surface area contributed by atoms with E-state index in [1.165, 1.54) is 0 Å². The molecule has 1 unspecified atom stereocenters. The van der Waals surface area contributed by atoms with Crippen molar-refractivity contribution in [1.29, 1.82) is 0 Å². The van der Waals surface area contributed by atoms with E-state index in [1.54, 1.807) is 12.4 Å². The van der Waals surface area contributed by atoms with Crippen LogP contribution in [0.4, 0.5) is 0 Å². The number of hydrogen-bond donors (Lipinski definition) is 0. The summed E-state index contributed by atoms with van der Waals surface area (Å²) in [6.45, 7) is 6.10. The van der Waals surface area contributed by atoms with Gasteiger partial charge >= 0.3 is 0 Å². The summed E-state index contributed by atoms with van der Waals surface area (Å²) in [6, 6.07) is 5.97. The van der Waals surface area contributed by atoms with E-state index < -0.39 is 0 Å². The minimum absolute atomic E-state index is 0.133. The molecule has 6 nitrogen and oxygen atoms in total. The summed E-state index contributed by atoms with van der Waals surface area (Å²) in [5.74, 6) is 1.16. The Balaban J connectivity index is 1.42. The Kier molecular flexibility index (Phi) is 5.81. The van der Waals surface area contributed by atoms with Crippen LogP contribution >= 0.6 is 0 Å². The number of amides is 1. The Labute approximate surface area is 148 Å². The number of likely N-dealkylation sites (tertiary alicyclic amines) is 1. The molecule has 25 heavy (non-hydrogen) atoms. The molecule has 1 atom stereocenters. The van der Waals surface area contributed by atoms with E-state index in [1.807, 2.05) is 36.2 Å². The van der Waals surface area contributed by atoms with E-state index in [0.717, 1.165) is 37.4 Å². The largest absolute Gasteiger partial charge is 0.372 e. The van der Waals surface area contributed by atoms with Gasteiger partial charge in [0.15, 0.2) is 0 Å². The third-order valence-corrected chi connectivity index (χ3v) is 4.79. The van der Waals surface area contributed by atoms with Crippen molar-refractivity contribution in [1.82, 2.24) is 19.4 Å². The summed E-state index contributed by atoms with van der Waals surface area (Å²) in [5.41, 5.74) is 0.950. The zero-order valence-corrected chi connectivity index (χ0v) is 15.0. The van der Waals surface area contributed by atoms with Crippen molar-refractivity contribution in [3.8, 4) is 0 Å². The third kappa shape index (κ3) is 4.66. The van der Waals surface area contributed by atoms with Crippen molar-refractivity contribution in [2.45, 2.75) is 51.9 Å². The van der Waals surface area contributed by atoms with Gasteiger partial charge in [-0.25, -0.2) is 4.98 Å². The van der Waals surface area contributed by atoms with Gasteiger partial charge in [0.25, 0.3) is 0 Å². The number of imidazole rings is 1. The fourth-order valence-corrected chi connectivity index (χ4v) is 3.29. The number of hydrogen-bond acceptors (Lipinski definition) is 4. The second-order valence-electron chi connectivity index (χ2n) is 6.65. The first-order chi connectivity index (χ1) is 12.1. The highest BCUT2D eigenvalue weighted by molar-refractivity contribution is 5.76. The molecule has 0 bridgehead atoms. The highest BCUT2D eigenvalue weighted by Crippen LogP contribution is 2.19. The maximum Gasteiger partial charge on any atom is 0.224 e. The Bertz CT molecular complexity index is 678. The van der Waals surface area contributed by atoms with E-state index in [-0.39, 0.29) is 18.1 Å². The van der Waals surface area contributed by atoms with E-state index in [4.69, 9.17) is 4.74 Å². The van der Waals surface area contributed by atoms with E-state index in [9.17, 15) is 4.79 Å². The van der Waals surface area contributed by atoms with Gasteiger partial charge in [-0.1, -0.05) is 6.07 Å². The number of aryl methyl sites for hydroxylation is 1. The van der Waals surface area contributed by atoms with Crippen molar-refractivity contribution in [2.75, 3.05) is 13.1 Å². The summed E-state index contributed by atoms with van der Waals surface area (Å²) in [4.78, 5) is 23.0. The van der Waals surface area contributed by atoms with Crippen molar-refractivity contribution in [3.05, 3.63) is 48.3 Å². The van der Waals surface area contributed by atoms with Gasteiger partial charge in [0.2, 0.25) is 5.91 Å². The zero-order chi connectivity index (χ0) is 17.6. The molecule has 2 aromatic heterocycles. The van der Waals surface area contributed by atoms with Crippen LogP contribution in [-0.4, -0.2) is 44.5 Å². The molecule has 0 aromatic carbocycles. The van der Waals surface area contributed by atoms with Crippen molar-refractivity contribution in [3.63, 3.8) is 0 Å². The van der Waals surface area contributed by atoms with Crippen molar-refractivity contribution < 1.29 is 9.53 Å². The first kappa shape index (κ1) is 17.6. The van der Waals surface area contributed by atoms with Gasteiger partial charge in [0, 0.05) is 44.1 Å². The van der Waals surface area contributed by atoms with Gasteiger partial charge in [0.1, 0.15) is 5.82 Å². The Morgan fingerprint density at radius 1 is 1.28 bits per heavy atom. The number of carbonyl (C=O) groups is 1. The van der Waals surface area contributed by atoms with Crippen molar-refractivity contribution in [2.24, 2.45) is 0 Å². The maximum absolute atomic E-state index is 12.5. The van der Waals surface area contributed by atoms with Crippen LogP contribution in [0.3, 0.4) is 0 Å². The summed E-state index contributed by atoms with van der Waals surface area (Å²) >= 11 is 0. The van der Waals surface area contributed by atoms with Crippen LogP contribution in [0.25, 0.3) is 0 Å². The second-order valence-corrected chi connectivity index (χ2v) is 6.65. The van der Waals surface area contributed by atoms with Crippen LogP contribution in [0, 0.1) is 6.92 Å². The van der Waals surface area contributed by atoms with Crippen LogP contribution in [0.5, 0.6) is 0 Å². The monoisotopic (exact) mass is 342 g/mol. The maximum atomic E-state index is 12.5. The molecule has 134 valence electrons. The average Bonchev–Trinajstić information content (AvgIpc) is 3.07. The normalized spacial score (nSPS) is 16.8. The summed E-state index contributed by atoms with van der Waals surface area (Å²) in [5, 5.41) is 0. The first-order valence-electron chi connectivity index (χ1n) is 8.92. The average molecular weight is 342 g/mol. The summed E-state index contributed by atoms with van der Waals surface area (Å²) in [7, 11) is 0. The molecule has 1 saturated heterocycles. The zero-order valence-electron chi connectivity index (χ0n) is 15.0. The predicted molar refractivity (Wildman–Crippen MR) is 94.9 cm³/mol. The molecular weight excluding hydrogens is 316 g/mol. The third-order valence-electron chi connectivity index (χ3n) is 4.79. The van der Waals surface area contributed by atoms with Gasteiger partial charge in [-0.05, 0) is 38.8 Å². The van der Waals surface area contributed by atoms with Gasteiger partial charge in [-0.15, -0.1) is 0 Å². The molecule has 1 aliphatic rings. The number of rotatable bonds is 6. The molecule has 2 aromatic rings. The number of nitrogens with zero attached hydrogens (tertiary/aromatic N) is 4. The van der Waals surface area contributed by atoms with Gasteiger partial charge in [-0.2, -0.15) is 0 Å². The quantitative estimate of drug-likeness (QED) is 0.810. The van der Waals surface area contributed by atoms with Crippen LogP contribution in [-0.2, 0) is 16.1 Å². The fourth-order valence-electron chi connectivity index (χ4n) is 3.29. The number of pyridine rings is 1. The number of piperidine rings is 1. The molecule has 1 aliphatic heterocycles. The molecular formula is C19H26N4O2. The van der Waals surface area contributed by atoms with Gasteiger partial charge in [-0.3, -0.25) is 9.78 Å². The van der Waals surface area contributed by atoms with Gasteiger partial charge < -0.3 is 14.2 Å². The highest BCUT2D eigenvalue weighted by Gasteiger charge is 2.24. The number of ether oxygens (including phenoxy) is 1. The van der Waals surface area contributed by atoms with Crippen molar-refractivity contribution >= 4 is 5.91 Å². The molecule has 0 spiro atoms. The van der Waals surface area contributed by atoms with Crippen LogP contribution in [0.15, 0.2) is 36.8 Å². The fraction of sp³-hybridized carbons (Fsp3) is 0.526. The van der Waals surface area contributed by atoms with E-state index in [2.05, 4.69) is 21.5 Å². The van der Waals surface area contributed by atoms with E-state index in [0.29, 0.717) is 13.0 Å².